The van der Waals surface area contributed by atoms with Gasteiger partial charge in [-0.2, -0.15) is 0 Å². The Balaban J connectivity index is 1.84. The summed E-state index contributed by atoms with van der Waals surface area (Å²) >= 11 is 3.38. The molecule has 0 aliphatic carbocycles. The van der Waals surface area contributed by atoms with Gasteiger partial charge in [0.25, 0.3) is 5.91 Å². The van der Waals surface area contributed by atoms with Gasteiger partial charge in [0.05, 0.1) is 17.0 Å². The average molecular weight is 463 g/mol. The van der Waals surface area contributed by atoms with Gasteiger partial charge >= 0.3 is 0 Å². The SMILES string of the molecule is Cc1ccnc(N2C(=O)c3oc4ccc(Br)cc4c(=O)c3C2c2cccc(O)c2)c1. The molecule has 1 unspecified atom stereocenters. The van der Waals surface area contributed by atoms with Crippen LogP contribution in [0.15, 0.2) is 74.5 Å². The van der Waals surface area contributed by atoms with Crippen LogP contribution >= 0.6 is 15.9 Å². The van der Waals surface area contributed by atoms with Gasteiger partial charge in [-0.1, -0.05) is 28.1 Å². The van der Waals surface area contributed by atoms with Gasteiger partial charge in [-0.25, -0.2) is 4.98 Å². The number of nitrogens with zero attached hydrogens (tertiary/aromatic N) is 2. The number of fused-ring (bicyclic) bond motifs is 2. The number of phenols is 1. The fourth-order valence-electron chi connectivity index (χ4n) is 3.84. The topological polar surface area (TPSA) is 83.6 Å². The third-order valence-electron chi connectivity index (χ3n) is 5.17. The number of aryl methyl sites for hydroxylation is 1. The van der Waals surface area contributed by atoms with Crippen molar-refractivity contribution in [2.24, 2.45) is 0 Å². The van der Waals surface area contributed by atoms with E-state index < -0.39 is 11.9 Å². The van der Waals surface area contributed by atoms with E-state index in [4.69, 9.17) is 4.42 Å². The van der Waals surface area contributed by atoms with Crippen LogP contribution in [0.4, 0.5) is 5.82 Å². The Kier molecular flexibility index (Phi) is 4.22. The van der Waals surface area contributed by atoms with Gasteiger partial charge in [0.1, 0.15) is 17.2 Å². The molecule has 0 saturated carbocycles. The number of carbonyl (C=O) groups is 1. The Morgan fingerprint density at radius 2 is 1.93 bits per heavy atom. The molecule has 0 fully saturated rings. The van der Waals surface area contributed by atoms with Crippen molar-refractivity contribution in [1.82, 2.24) is 4.98 Å². The molecule has 2 aromatic heterocycles. The van der Waals surface area contributed by atoms with Gasteiger partial charge in [-0.15, -0.1) is 0 Å². The number of pyridine rings is 1. The van der Waals surface area contributed by atoms with Crippen LogP contribution in [0, 0.1) is 6.92 Å². The molecule has 30 heavy (non-hydrogen) atoms. The third kappa shape index (κ3) is 2.81. The van der Waals surface area contributed by atoms with Crippen LogP contribution in [0.25, 0.3) is 11.0 Å². The van der Waals surface area contributed by atoms with Crippen LogP contribution in [-0.4, -0.2) is 16.0 Å². The lowest BCUT2D eigenvalue weighted by molar-refractivity contribution is 0.0970. The molecule has 0 bridgehead atoms. The molecule has 148 valence electrons. The van der Waals surface area contributed by atoms with E-state index in [-0.39, 0.29) is 22.5 Å². The Hall–Kier alpha value is -3.45. The van der Waals surface area contributed by atoms with Crippen molar-refractivity contribution >= 4 is 38.6 Å². The lowest BCUT2D eigenvalue weighted by Gasteiger charge is -2.24. The van der Waals surface area contributed by atoms with E-state index in [0.717, 1.165) is 10.0 Å². The molecule has 4 aromatic rings. The summed E-state index contributed by atoms with van der Waals surface area (Å²) in [5, 5.41) is 10.4. The first-order chi connectivity index (χ1) is 14.4. The second-order valence-electron chi connectivity index (χ2n) is 7.18. The minimum Gasteiger partial charge on any atom is -0.508 e. The molecule has 3 heterocycles. The smallest absolute Gasteiger partial charge is 0.296 e. The van der Waals surface area contributed by atoms with Crippen molar-refractivity contribution in [3.8, 4) is 5.75 Å². The van der Waals surface area contributed by atoms with Crippen LogP contribution in [0.1, 0.15) is 33.3 Å². The highest BCUT2D eigenvalue weighted by atomic mass is 79.9. The monoisotopic (exact) mass is 462 g/mol. The van der Waals surface area contributed by atoms with E-state index in [1.54, 1.807) is 48.7 Å². The molecular weight excluding hydrogens is 448 g/mol. The third-order valence-corrected chi connectivity index (χ3v) is 5.66. The number of aromatic nitrogens is 1. The van der Waals surface area contributed by atoms with E-state index in [1.165, 1.54) is 11.0 Å². The molecule has 5 rings (SSSR count). The number of hydrogen-bond acceptors (Lipinski definition) is 5. The van der Waals surface area contributed by atoms with E-state index in [9.17, 15) is 14.7 Å². The Morgan fingerprint density at radius 1 is 1.10 bits per heavy atom. The summed E-state index contributed by atoms with van der Waals surface area (Å²) in [5.74, 6) is -0.00677. The largest absolute Gasteiger partial charge is 0.508 e. The zero-order valence-corrected chi connectivity index (χ0v) is 17.4. The number of halogens is 1. The molecule has 7 heteroatoms. The number of anilines is 1. The number of amides is 1. The lowest BCUT2D eigenvalue weighted by Crippen LogP contribution is -2.30. The Labute approximate surface area is 179 Å². The van der Waals surface area contributed by atoms with Gasteiger partial charge in [-0.05, 0) is 60.5 Å². The van der Waals surface area contributed by atoms with Crippen molar-refractivity contribution < 1.29 is 14.3 Å². The van der Waals surface area contributed by atoms with Crippen molar-refractivity contribution in [1.29, 1.82) is 0 Å². The second-order valence-corrected chi connectivity index (χ2v) is 8.09. The van der Waals surface area contributed by atoms with E-state index >= 15 is 0 Å². The quantitative estimate of drug-likeness (QED) is 0.466. The molecule has 1 amide bonds. The fourth-order valence-corrected chi connectivity index (χ4v) is 4.20. The molecule has 1 N–H and O–H groups in total. The van der Waals surface area contributed by atoms with E-state index in [0.29, 0.717) is 22.4 Å². The van der Waals surface area contributed by atoms with Gasteiger partial charge in [-0.3, -0.25) is 14.5 Å². The molecule has 2 aromatic carbocycles. The number of phenolic OH excluding ortho intramolecular Hbond substituents is 1. The summed E-state index contributed by atoms with van der Waals surface area (Å²) in [6, 6.07) is 14.4. The first-order valence-electron chi connectivity index (χ1n) is 9.25. The minimum absolute atomic E-state index is 0.00790. The zero-order valence-electron chi connectivity index (χ0n) is 15.8. The maximum Gasteiger partial charge on any atom is 0.296 e. The number of rotatable bonds is 2. The van der Waals surface area contributed by atoms with Gasteiger partial charge in [0, 0.05) is 10.7 Å². The van der Waals surface area contributed by atoms with Crippen LogP contribution in [0.2, 0.25) is 0 Å². The molecular formula is C23H15BrN2O4. The number of hydrogen-bond donors (Lipinski definition) is 1. The molecule has 0 radical (unpaired) electrons. The zero-order chi connectivity index (χ0) is 21.0. The van der Waals surface area contributed by atoms with Crippen molar-refractivity contribution in [3.63, 3.8) is 0 Å². The van der Waals surface area contributed by atoms with E-state index in [1.807, 2.05) is 13.0 Å². The normalized spacial score (nSPS) is 15.6. The van der Waals surface area contributed by atoms with Crippen LogP contribution in [-0.2, 0) is 0 Å². The van der Waals surface area contributed by atoms with Crippen LogP contribution in [0.5, 0.6) is 5.75 Å². The van der Waals surface area contributed by atoms with Crippen molar-refractivity contribution in [3.05, 3.63) is 97.9 Å². The highest BCUT2D eigenvalue weighted by Crippen LogP contribution is 2.41. The van der Waals surface area contributed by atoms with Crippen LogP contribution in [0.3, 0.4) is 0 Å². The standard InChI is InChI=1S/C23H15BrN2O4/c1-12-7-8-25-18(9-12)26-20(13-3-2-4-15(27)10-13)19-21(28)16-11-14(24)5-6-17(16)30-22(19)23(26)29/h2-11,20,27H,1H3. The molecule has 6 nitrogen and oxygen atoms in total. The summed E-state index contributed by atoms with van der Waals surface area (Å²) in [5.41, 5.74) is 1.80. The Bertz CT molecular complexity index is 1400. The van der Waals surface area contributed by atoms with Gasteiger partial charge in [0.15, 0.2) is 5.43 Å². The first kappa shape index (κ1) is 18.6. The van der Waals surface area contributed by atoms with Gasteiger partial charge < -0.3 is 9.52 Å². The predicted molar refractivity (Wildman–Crippen MR) is 116 cm³/mol. The Morgan fingerprint density at radius 3 is 2.70 bits per heavy atom. The molecule has 0 saturated heterocycles. The second kappa shape index (κ2) is 6.81. The highest BCUT2D eigenvalue weighted by Gasteiger charge is 2.44. The number of aromatic hydroxyl groups is 1. The minimum atomic E-state index is -0.770. The molecule has 1 atom stereocenters. The molecule has 1 aliphatic heterocycles. The summed E-state index contributed by atoms with van der Waals surface area (Å²) in [6.45, 7) is 1.90. The average Bonchev–Trinajstić information content (AvgIpc) is 3.01. The molecule has 1 aliphatic rings. The van der Waals surface area contributed by atoms with Crippen LogP contribution < -0.4 is 10.3 Å². The number of benzene rings is 2. The predicted octanol–water partition coefficient (Wildman–Crippen LogP) is 4.71. The maximum atomic E-state index is 13.5. The van der Waals surface area contributed by atoms with Crippen molar-refractivity contribution in [2.45, 2.75) is 13.0 Å². The first-order valence-corrected chi connectivity index (χ1v) is 10.0. The fraction of sp³-hybridized carbons (Fsp3) is 0.0870. The lowest BCUT2D eigenvalue weighted by atomic mass is 9.98. The van der Waals surface area contributed by atoms with Crippen molar-refractivity contribution in [2.75, 3.05) is 4.90 Å². The summed E-state index contributed by atoms with van der Waals surface area (Å²) < 4.78 is 6.65. The number of carbonyl (C=O) groups excluding carboxylic acids is 1. The van der Waals surface area contributed by atoms with E-state index in [2.05, 4.69) is 20.9 Å². The summed E-state index contributed by atoms with van der Waals surface area (Å²) in [6.07, 6.45) is 1.61. The van der Waals surface area contributed by atoms with Gasteiger partial charge in [0.2, 0.25) is 5.76 Å². The maximum absolute atomic E-state index is 13.5. The summed E-state index contributed by atoms with van der Waals surface area (Å²) in [4.78, 5) is 32.7. The molecule has 0 spiro atoms. The highest BCUT2D eigenvalue weighted by molar-refractivity contribution is 9.10. The summed E-state index contributed by atoms with van der Waals surface area (Å²) in [7, 11) is 0.